The third-order valence-corrected chi connectivity index (χ3v) is 7.64. The van der Waals surface area contributed by atoms with Crippen molar-refractivity contribution < 1.29 is 4.79 Å². The van der Waals surface area contributed by atoms with Gasteiger partial charge in [0.25, 0.3) is 0 Å². The van der Waals surface area contributed by atoms with Crippen LogP contribution in [-0.4, -0.2) is 26.4 Å². The number of aromatic nitrogens is 3. The van der Waals surface area contributed by atoms with Crippen molar-refractivity contribution in [3.8, 4) is 17.1 Å². The summed E-state index contributed by atoms with van der Waals surface area (Å²) < 4.78 is 2.06. The highest BCUT2D eigenvalue weighted by molar-refractivity contribution is 7.99. The van der Waals surface area contributed by atoms with Crippen LogP contribution in [0.2, 0.25) is 0 Å². The van der Waals surface area contributed by atoms with E-state index >= 15 is 0 Å². The van der Waals surface area contributed by atoms with Crippen LogP contribution in [0.3, 0.4) is 0 Å². The normalized spacial score (nSPS) is 12.4. The minimum atomic E-state index is -0.0591. The molecule has 0 bridgehead atoms. The summed E-state index contributed by atoms with van der Waals surface area (Å²) in [7, 11) is 0. The first-order chi connectivity index (χ1) is 17.7. The highest BCUT2D eigenvalue weighted by atomic mass is 32.2. The summed E-state index contributed by atoms with van der Waals surface area (Å²) in [6.45, 7) is 13.0. The van der Waals surface area contributed by atoms with Gasteiger partial charge in [-0.05, 0) is 53.5 Å². The van der Waals surface area contributed by atoms with E-state index in [0.29, 0.717) is 11.1 Å². The van der Waals surface area contributed by atoms with Crippen molar-refractivity contribution in [1.82, 2.24) is 14.8 Å². The molecule has 1 heterocycles. The number of hydrogen-bond donors (Lipinski definition) is 1. The predicted octanol–water partition coefficient (Wildman–Crippen LogP) is 7.78. The van der Waals surface area contributed by atoms with E-state index in [2.05, 4.69) is 104 Å². The fraction of sp³-hybridized carbons (Fsp3) is 0.323. The quantitative estimate of drug-likeness (QED) is 0.245. The molecule has 0 spiro atoms. The van der Waals surface area contributed by atoms with E-state index in [-0.39, 0.29) is 17.1 Å². The predicted molar refractivity (Wildman–Crippen MR) is 155 cm³/mol. The van der Waals surface area contributed by atoms with E-state index in [0.717, 1.165) is 40.3 Å². The molecular formula is C31H36N4OS. The number of nitrogens with one attached hydrogen (secondary N) is 1. The van der Waals surface area contributed by atoms with Gasteiger partial charge in [0.1, 0.15) is 0 Å². The molecule has 192 valence electrons. The zero-order valence-corrected chi connectivity index (χ0v) is 23.4. The Morgan fingerprint density at radius 3 is 2.32 bits per heavy atom. The molecule has 0 saturated heterocycles. The molecule has 0 aliphatic carbocycles. The van der Waals surface area contributed by atoms with E-state index in [9.17, 15) is 4.79 Å². The Bertz CT molecular complexity index is 1370. The first-order valence-corrected chi connectivity index (χ1v) is 13.8. The van der Waals surface area contributed by atoms with Crippen molar-refractivity contribution in [3.05, 3.63) is 89.5 Å². The number of para-hydroxylation sites is 2. The third kappa shape index (κ3) is 6.13. The molecular weight excluding hydrogens is 476 g/mol. The van der Waals surface area contributed by atoms with Crippen molar-refractivity contribution in [2.75, 3.05) is 11.1 Å². The van der Waals surface area contributed by atoms with Crippen LogP contribution >= 0.6 is 11.8 Å². The minimum absolute atomic E-state index is 0.0591. The number of carbonyl (C=O) groups is 1. The molecule has 1 amide bonds. The van der Waals surface area contributed by atoms with Crippen LogP contribution in [0.4, 0.5) is 5.69 Å². The lowest BCUT2D eigenvalue weighted by Gasteiger charge is -2.19. The highest BCUT2D eigenvalue weighted by Crippen LogP contribution is 2.32. The van der Waals surface area contributed by atoms with Gasteiger partial charge in [0, 0.05) is 11.3 Å². The number of nitrogens with zero attached hydrogens (tertiary/aromatic N) is 3. The molecule has 3 aromatic carbocycles. The summed E-state index contributed by atoms with van der Waals surface area (Å²) in [5, 5.41) is 12.9. The van der Waals surface area contributed by atoms with Crippen LogP contribution in [0.15, 0.2) is 78.0 Å². The van der Waals surface area contributed by atoms with E-state index < -0.39 is 0 Å². The number of thioether (sulfide) groups is 1. The van der Waals surface area contributed by atoms with Gasteiger partial charge in [-0.3, -0.25) is 9.36 Å². The zero-order chi connectivity index (χ0) is 26.6. The van der Waals surface area contributed by atoms with E-state index in [1.165, 1.54) is 17.3 Å². The Kier molecular flexibility index (Phi) is 8.18. The smallest absolute Gasteiger partial charge is 0.234 e. The van der Waals surface area contributed by atoms with Gasteiger partial charge in [-0.15, -0.1) is 10.2 Å². The summed E-state index contributed by atoms with van der Waals surface area (Å²) in [4.78, 5) is 13.0. The maximum Gasteiger partial charge on any atom is 0.234 e. The topological polar surface area (TPSA) is 59.8 Å². The second-order valence-electron chi connectivity index (χ2n) is 10.5. The average Bonchev–Trinajstić information content (AvgIpc) is 3.31. The van der Waals surface area contributed by atoms with Crippen molar-refractivity contribution >= 4 is 23.4 Å². The molecule has 1 atom stereocenters. The third-order valence-electron chi connectivity index (χ3n) is 6.71. The fourth-order valence-electron chi connectivity index (χ4n) is 4.28. The van der Waals surface area contributed by atoms with Gasteiger partial charge >= 0.3 is 0 Å². The number of aryl methyl sites for hydroxylation is 1. The highest BCUT2D eigenvalue weighted by Gasteiger charge is 2.20. The Morgan fingerprint density at radius 2 is 1.65 bits per heavy atom. The lowest BCUT2D eigenvalue weighted by atomic mass is 9.87. The summed E-state index contributed by atoms with van der Waals surface area (Å²) in [5.41, 5.74) is 6.49. The van der Waals surface area contributed by atoms with Gasteiger partial charge in [-0.1, -0.05) is 107 Å². The minimum Gasteiger partial charge on any atom is -0.325 e. The van der Waals surface area contributed by atoms with E-state index in [1.807, 2.05) is 30.3 Å². The van der Waals surface area contributed by atoms with Gasteiger partial charge in [0.15, 0.2) is 11.0 Å². The molecule has 37 heavy (non-hydrogen) atoms. The van der Waals surface area contributed by atoms with E-state index in [1.54, 1.807) is 0 Å². The van der Waals surface area contributed by atoms with Crippen LogP contribution in [0.5, 0.6) is 0 Å². The van der Waals surface area contributed by atoms with Crippen molar-refractivity contribution in [2.24, 2.45) is 0 Å². The summed E-state index contributed by atoms with van der Waals surface area (Å²) >= 11 is 1.40. The molecule has 1 aromatic heterocycles. The van der Waals surface area contributed by atoms with Crippen molar-refractivity contribution in [2.45, 2.75) is 64.5 Å². The first-order valence-electron chi connectivity index (χ1n) is 12.8. The molecule has 5 nitrogen and oxygen atoms in total. The molecule has 4 aromatic rings. The van der Waals surface area contributed by atoms with Gasteiger partial charge in [0.2, 0.25) is 5.91 Å². The molecule has 1 N–H and O–H groups in total. The van der Waals surface area contributed by atoms with Gasteiger partial charge in [-0.25, -0.2) is 0 Å². The maximum atomic E-state index is 13.0. The summed E-state index contributed by atoms with van der Waals surface area (Å²) in [6.07, 6.45) is 1.01. The molecule has 0 saturated carbocycles. The molecule has 0 fully saturated rings. The van der Waals surface area contributed by atoms with E-state index in [4.69, 9.17) is 0 Å². The number of benzene rings is 3. The number of amides is 1. The fourth-order valence-corrected chi connectivity index (χ4v) is 5.02. The van der Waals surface area contributed by atoms with Crippen molar-refractivity contribution in [3.63, 3.8) is 0 Å². The van der Waals surface area contributed by atoms with Crippen LogP contribution in [0.25, 0.3) is 17.1 Å². The van der Waals surface area contributed by atoms with Crippen LogP contribution < -0.4 is 5.32 Å². The number of anilines is 1. The number of carbonyl (C=O) groups excluding carboxylic acids is 1. The molecule has 4 rings (SSSR count). The molecule has 0 aliphatic heterocycles. The molecule has 1 unspecified atom stereocenters. The number of rotatable bonds is 8. The molecule has 0 aliphatic rings. The largest absolute Gasteiger partial charge is 0.325 e. The first kappa shape index (κ1) is 26.7. The SMILES string of the molecule is CCC(C)c1ccccc1NC(=O)CSc1nnc(-c2ccc(C(C)(C)C)cc2)n1-c1ccccc1C. The van der Waals surface area contributed by atoms with Crippen LogP contribution in [0.1, 0.15) is 63.6 Å². The Morgan fingerprint density at radius 1 is 0.973 bits per heavy atom. The summed E-state index contributed by atoms with van der Waals surface area (Å²) in [5.74, 6) is 1.32. The van der Waals surface area contributed by atoms with Crippen molar-refractivity contribution in [1.29, 1.82) is 0 Å². The van der Waals surface area contributed by atoms with Crippen LogP contribution in [-0.2, 0) is 10.2 Å². The standard InChI is InChI=1S/C31H36N4OS/c1-7-21(2)25-13-9-10-14-26(25)32-28(36)20-37-30-34-33-29(35(30)27-15-11-8-12-22(27)3)23-16-18-24(19-17-23)31(4,5)6/h8-19,21H,7,20H2,1-6H3,(H,32,36). The Labute approximate surface area is 224 Å². The van der Waals surface area contributed by atoms with Crippen LogP contribution in [0, 0.1) is 6.92 Å². The average molecular weight is 513 g/mol. The lowest BCUT2D eigenvalue weighted by Crippen LogP contribution is -2.16. The summed E-state index contributed by atoms with van der Waals surface area (Å²) in [6, 6.07) is 24.7. The maximum absolute atomic E-state index is 13.0. The zero-order valence-electron chi connectivity index (χ0n) is 22.6. The second kappa shape index (κ2) is 11.3. The second-order valence-corrected chi connectivity index (χ2v) is 11.4. The molecule has 0 radical (unpaired) electrons. The lowest BCUT2D eigenvalue weighted by molar-refractivity contribution is -0.113. The van der Waals surface area contributed by atoms with Gasteiger partial charge < -0.3 is 5.32 Å². The Balaban J connectivity index is 1.62. The Hall–Kier alpha value is -3.38. The van der Waals surface area contributed by atoms with Gasteiger partial charge in [-0.2, -0.15) is 0 Å². The number of hydrogen-bond acceptors (Lipinski definition) is 4. The van der Waals surface area contributed by atoms with Gasteiger partial charge in [0.05, 0.1) is 11.4 Å². The molecule has 6 heteroatoms. The monoisotopic (exact) mass is 512 g/mol.